The Morgan fingerprint density at radius 1 is 0.923 bits per heavy atom. The largest absolute Gasteiger partial charge is 0.454 e. The molecule has 2 aromatic rings. The lowest BCUT2D eigenvalue weighted by Gasteiger charge is -2.32. The monoisotopic (exact) mass is 352 g/mol. The van der Waals surface area contributed by atoms with Crippen LogP contribution in [0.25, 0.3) is 0 Å². The van der Waals surface area contributed by atoms with E-state index in [1.54, 1.807) is 30.3 Å². The van der Waals surface area contributed by atoms with Crippen LogP contribution in [0.5, 0.6) is 11.5 Å². The Hall–Kier alpha value is -3.02. The summed E-state index contributed by atoms with van der Waals surface area (Å²) >= 11 is 0. The summed E-state index contributed by atoms with van der Waals surface area (Å²) in [7, 11) is 0. The van der Waals surface area contributed by atoms with Crippen molar-refractivity contribution < 1.29 is 19.1 Å². The van der Waals surface area contributed by atoms with E-state index in [2.05, 4.69) is 5.32 Å². The Bertz CT molecular complexity index is 814. The Morgan fingerprint density at radius 3 is 2.42 bits per heavy atom. The van der Waals surface area contributed by atoms with Crippen LogP contribution in [-0.2, 0) is 0 Å². The zero-order valence-electron chi connectivity index (χ0n) is 14.3. The fraction of sp³-hybridized carbons (Fsp3) is 0.300. The number of benzene rings is 2. The third-order valence-electron chi connectivity index (χ3n) is 4.77. The van der Waals surface area contributed by atoms with Crippen LogP contribution in [0.4, 0.5) is 0 Å². The third kappa shape index (κ3) is 3.35. The standard InChI is InChI=1S/C20H20N2O4/c23-19(14-4-2-1-3-5-14)21-16-8-10-22(11-9-16)20(24)15-6-7-17-18(12-15)26-13-25-17/h1-7,12,16H,8-11,13H2,(H,21,23). The van der Waals surface area contributed by atoms with Crippen molar-refractivity contribution in [1.29, 1.82) is 0 Å². The van der Waals surface area contributed by atoms with Gasteiger partial charge in [-0.25, -0.2) is 0 Å². The number of nitrogens with one attached hydrogen (secondary N) is 1. The van der Waals surface area contributed by atoms with E-state index in [9.17, 15) is 9.59 Å². The Morgan fingerprint density at radius 2 is 1.65 bits per heavy atom. The van der Waals surface area contributed by atoms with Crippen molar-refractivity contribution in [2.75, 3.05) is 19.9 Å². The van der Waals surface area contributed by atoms with Gasteiger partial charge < -0.3 is 19.7 Å². The smallest absolute Gasteiger partial charge is 0.253 e. The molecule has 6 nitrogen and oxygen atoms in total. The number of fused-ring (bicyclic) bond motifs is 1. The molecule has 0 aliphatic carbocycles. The summed E-state index contributed by atoms with van der Waals surface area (Å²) in [4.78, 5) is 26.8. The van der Waals surface area contributed by atoms with Crippen molar-refractivity contribution in [3.63, 3.8) is 0 Å². The molecule has 0 atom stereocenters. The van der Waals surface area contributed by atoms with Gasteiger partial charge in [-0.1, -0.05) is 18.2 Å². The van der Waals surface area contributed by atoms with Crippen LogP contribution >= 0.6 is 0 Å². The molecule has 2 heterocycles. The first-order chi connectivity index (χ1) is 12.7. The van der Waals surface area contributed by atoms with Gasteiger partial charge in [0.25, 0.3) is 11.8 Å². The molecule has 0 spiro atoms. The summed E-state index contributed by atoms with van der Waals surface area (Å²) < 4.78 is 10.6. The van der Waals surface area contributed by atoms with Gasteiger partial charge in [-0.15, -0.1) is 0 Å². The van der Waals surface area contributed by atoms with Gasteiger partial charge in [-0.2, -0.15) is 0 Å². The van der Waals surface area contributed by atoms with Crippen molar-refractivity contribution in [2.24, 2.45) is 0 Å². The minimum atomic E-state index is -0.0638. The number of hydrogen-bond donors (Lipinski definition) is 1. The van der Waals surface area contributed by atoms with E-state index >= 15 is 0 Å². The van der Waals surface area contributed by atoms with Gasteiger partial charge in [-0.3, -0.25) is 9.59 Å². The lowest BCUT2D eigenvalue weighted by atomic mass is 10.0. The highest BCUT2D eigenvalue weighted by atomic mass is 16.7. The molecule has 1 N–H and O–H groups in total. The highest BCUT2D eigenvalue weighted by Crippen LogP contribution is 2.33. The molecule has 6 heteroatoms. The lowest BCUT2D eigenvalue weighted by molar-refractivity contribution is 0.0697. The van der Waals surface area contributed by atoms with Crippen molar-refractivity contribution in [1.82, 2.24) is 10.2 Å². The number of carbonyl (C=O) groups excluding carboxylic acids is 2. The van der Waals surface area contributed by atoms with Gasteiger partial charge in [-0.05, 0) is 43.2 Å². The molecule has 0 aromatic heterocycles. The normalized spacial score (nSPS) is 16.4. The molecule has 0 unspecified atom stereocenters. The van der Waals surface area contributed by atoms with E-state index in [-0.39, 0.29) is 24.6 Å². The number of likely N-dealkylation sites (tertiary alicyclic amines) is 1. The maximum absolute atomic E-state index is 12.7. The second-order valence-corrected chi connectivity index (χ2v) is 6.47. The van der Waals surface area contributed by atoms with E-state index in [1.807, 2.05) is 23.1 Å². The molecule has 134 valence electrons. The van der Waals surface area contributed by atoms with E-state index in [0.29, 0.717) is 35.7 Å². The quantitative estimate of drug-likeness (QED) is 0.921. The predicted molar refractivity (Wildman–Crippen MR) is 95.4 cm³/mol. The molecule has 0 bridgehead atoms. The summed E-state index contributed by atoms with van der Waals surface area (Å²) in [6.07, 6.45) is 1.49. The maximum Gasteiger partial charge on any atom is 0.253 e. The van der Waals surface area contributed by atoms with E-state index in [0.717, 1.165) is 12.8 Å². The van der Waals surface area contributed by atoms with Gasteiger partial charge >= 0.3 is 0 Å². The first-order valence-corrected chi connectivity index (χ1v) is 8.75. The first kappa shape index (κ1) is 16.4. The molecule has 2 aliphatic rings. The fourth-order valence-electron chi connectivity index (χ4n) is 3.30. The Kier molecular flexibility index (Phi) is 4.48. The lowest BCUT2D eigenvalue weighted by Crippen LogP contribution is -2.46. The number of piperidine rings is 1. The Labute approximate surface area is 151 Å². The van der Waals surface area contributed by atoms with Crippen LogP contribution in [0.1, 0.15) is 33.6 Å². The summed E-state index contributed by atoms with van der Waals surface area (Å²) in [6, 6.07) is 14.5. The SMILES string of the molecule is O=C(NC1CCN(C(=O)c2ccc3c(c2)OCO3)CC1)c1ccccc1. The summed E-state index contributed by atoms with van der Waals surface area (Å²) in [5.41, 5.74) is 1.26. The van der Waals surface area contributed by atoms with Crippen LogP contribution < -0.4 is 14.8 Å². The Balaban J connectivity index is 1.33. The van der Waals surface area contributed by atoms with Crippen molar-refractivity contribution in [2.45, 2.75) is 18.9 Å². The highest BCUT2D eigenvalue weighted by Gasteiger charge is 2.26. The van der Waals surface area contributed by atoms with Crippen LogP contribution in [0, 0.1) is 0 Å². The third-order valence-corrected chi connectivity index (χ3v) is 4.77. The zero-order chi connectivity index (χ0) is 17.9. The molecule has 1 fully saturated rings. The van der Waals surface area contributed by atoms with Gasteiger partial charge in [0, 0.05) is 30.3 Å². The molecule has 0 saturated carbocycles. The molecule has 2 aliphatic heterocycles. The number of rotatable bonds is 3. The number of ether oxygens (including phenoxy) is 2. The van der Waals surface area contributed by atoms with E-state index in [1.165, 1.54) is 0 Å². The van der Waals surface area contributed by atoms with Crippen LogP contribution in [0.15, 0.2) is 48.5 Å². The maximum atomic E-state index is 12.7. The highest BCUT2D eigenvalue weighted by molar-refractivity contribution is 5.95. The van der Waals surface area contributed by atoms with Crippen molar-refractivity contribution in [3.8, 4) is 11.5 Å². The van der Waals surface area contributed by atoms with Crippen LogP contribution in [-0.4, -0.2) is 42.6 Å². The second-order valence-electron chi connectivity index (χ2n) is 6.47. The number of hydrogen-bond acceptors (Lipinski definition) is 4. The average Bonchev–Trinajstić information content (AvgIpc) is 3.16. The topological polar surface area (TPSA) is 67.9 Å². The molecule has 1 saturated heterocycles. The average molecular weight is 352 g/mol. The summed E-state index contributed by atoms with van der Waals surface area (Å²) in [6.45, 7) is 1.43. The van der Waals surface area contributed by atoms with Crippen molar-refractivity contribution >= 4 is 11.8 Å². The summed E-state index contributed by atoms with van der Waals surface area (Å²) in [5.74, 6) is 1.20. The molecular formula is C20H20N2O4. The predicted octanol–water partition coefficient (Wildman–Crippen LogP) is 2.45. The van der Waals surface area contributed by atoms with Gasteiger partial charge in [0.1, 0.15) is 0 Å². The fourth-order valence-corrected chi connectivity index (χ4v) is 3.30. The molecule has 2 amide bonds. The molecule has 4 rings (SSSR count). The second kappa shape index (κ2) is 7.07. The van der Waals surface area contributed by atoms with Gasteiger partial charge in [0.2, 0.25) is 6.79 Å². The number of carbonyl (C=O) groups is 2. The minimum absolute atomic E-state index is 0.0175. The molecule has 2 aromatic carbocycles. The van der Waals surface area contributed by atoms with Gasteiger partial charge in [0.15, 0.2) is 11.5 Å². The van der Waals surface area contributed by atoms with E-state index < -0.39 is 0 Å². The first-order valence-electron chi connectivity index (χ1n) is 8.75. The molecular weight excluding hydrogens is 332 g/mol. The number of nitrogens with zero attached hydrogens (tertiary/aromatic N) is 1. The molecule has 26 heavy (non-hydrogen) atoms. The zero-order valence-corrected chi connectivity index (χ0v) is 14.3. The summed E-state index contributed by atoms with van der Waals surface area (Å²) in [5, 5.41) is 3.05. The minimum Gasteiger partial charge on any atom is -0.454 e. The van der Waals surface area contributed by atoms with Gasteiger partial charge in [0.05, 0.1) is 0 Å². The van der Waals surface area contributed by atoms with Crippen molar-refractivity contribution in [3.05, 3.63) is 59.7 Å². The van der Waals surface area contributed by atoms with E-state index in [4.69, 9.17) is 9.47 Å². The molecule has 0 radical (unpaired) electrons. The van der Waals surface area contributed by atoms with Crippen LogP contribution in [0.2, 0.25) is 0 Å². The number of amides is 2. The van der Waals surface area contributed by atoms with Crippen LogP contribution in [0.3, 0.4) is 0 Å².